The first-order valence-corrected chi connectivity index (χ1v) is 10.4. The number of carbonyl (C=O) groups is 1. The highest BCUT2D eigenvalue weighted by atomic mass is 35.5. The normalized spacial score (nSPS) is 16.7. The summed E-state index contributed by atoms with van der Waals surface area (Å²) in [5, 5.41) is 11.1. The highest BCUT2D eigenvalue weighted by Crippen LogP contribution is 2.26. The van der Waals surface area contributed by atoms with Crippen LogP contribution < -0.4 is 5.32 Å². The molecule has 4 rings (SSSR count). The summed E-state index contributed by atoms with van der Waals surface area (Å²) in [5.74, 6) is -0.0964. The van der Waals surface area contributed by atoms with Crippen LogP contribution in [0, 0.1) is 5.82 Å². The predicted octanol–water partition coefficient (Wildman–Crippen LogP) is 3.34. The van der Waals surface area contributed by atoms with E-state index in [4.69, 9.17) is 11.6 Å². The monoisotopic (exact) mass is 427 g/mol. The van der Waals surface area contributed by atoms with Crippen molar-refractivity contribution in [1.29, 1.82) is 0 Å². The number of carbonyl (C=O) groups excluding carboxylic acids is 1. The summed E-state index contributed by atoms with van der Waals surface area (Å²) in [6, 6.07) is 14.7. The van der Waals surface area contributed by atoms with E-state index < -0.39 is 5.82 Å². The standard InChI is InChI=1S/C22H23ClFN5O/c23-20-12-19(24)7-6-18(20)14-29-15-21(26-27-29)22(30)25-9-11-28-10-8-17(13-28)16-4-2-1-3-5-16/h1-7,12,15,17H,8-11,13-14H2,(H,25,30). The molecule has 8 heteroatoms. The van der Waals surface area contributed by atoms with Crippen LogP contribution in [0.5, 0.6) is 0 Å². The topological polar surface area (TPSA) is 63.1 Å². The van der Waals surface area contributed by atoms with Gasteiger partial charge in [0, 0.05) is 24.7 Å². The van der Waals surface area contributed by atoms with Crippen LogP contribution >= 0.6 is 11.6 Å². The van der Waals surface area contributed by atoms with E-state index in [0.717, 1.165) is 26.1 Å². The Kier molecular flexibility index (Phi) is 6.40. The molecule has 2 aromatic carbocycles. The Labute approximate surface area is 179 Å². The minimum absolute atomic E-state index is 0.247. The molecule has 0 radical (unpaired) electrons. The summed E-state index contributed by atoms with van der Waals surface area (Å²) in [7, 11) is 0. The average molecular weight is 428 g/mol. The minimum atomic E-state index is -0.393. The van der Waals surface area contributed by atoms with Gasteiger partial charge in [0.2, 0.25) is 0 Å². The molecule has 2 heterocycles. The van der Waals surface area contributed by atoms with Gasteiger partial charge in [-0.15, -0.1) is 5.10 Å². The molecule has 1 aliphatic rings. The zero-order valence-electron chi connectivity index (χ0n) is 16.5. The number of amides is 1. The van der Waals surface area contributed by atoms with E-state index in [0.29, 0.717) is 29.6 Å². The molecule has 0 bridgehead atoms. The van der Waals surface area contributed by atoms with Crippen LogP contribution in [0.25, 0.3) is 0 Å². The van der Waals surface area contributed by atoms with E-state index in [1.165, 1.54) is 22.4 Å². The third-order valence-corrected chi connectivity index (χ3v) is 5.73. The summed E-state index contributed by atoms with van der Waals surface area (Å²) in [5.41, 5.74) is 2.33. The lowest BCUT2D eigenvalue weighted by Crippen LogP contribution is -2.34. The lowest BCUT2D eigenvalue weighted by molar-refractivity contribution is 0.0944. The predicted molar refractivity (Wildman–Crippen MR) is 113 cm³/mol. The molecule has 6 nitrogen and oxygen atoms in total. The molecule has 156 valence electrons. The van der Waals surface area contributed by atoms with Crippen molar-refractivity contribution in [2.45, 2.75) is 18.9 Å². The second-order valence-electron chi connectivity index (χ2n) is 7.49. The third kappa shape index (κ3) is 5.04. The maximum atomic E-state index is 13.2. The fraction of sp³-hybridized carbons (Fsp3) is 0.318. The van der Waals surface area contributed by atoms with Crippen LogP contribution in [0.15, 0.2) is 54.7 Å². The number of nitrogens with zero attached hydrogens (tertiary/aromatic N) is 4. The zero-order valence-corrected chi connectivity index (χ0v) is 17.2. The van der Waals surface area contributed by atoms with Gasteiger partial charge in [0.05, 0.1) is 12.7 Å². The molecule has 1 fully saturated rings. The van der Waals surface area contributed by atoms with Crippen molar-refractivity contribution in [2.24, 2.45) is 0 Å². The molecule has 30 heavy (non-hydrogen) atoms. The van der Waals surface area contributed by atoms with Gasteiger partial charge in [-0.05, 0) is 42.1 Å². The Morgan fingerprint density at radius 1 is 1.23 bits per heavy atom. The fourth-order valence-corrected chi connectivity index (χ4v) is 3.98. The summed E-state index contributed by atoms with van der Waals surface area (Å²) >= 11 is 6.04. The maximum Gasteiger partial charge on any atom is 0.273 e. The van der Waals surface area contributed by atoms with Crippen molar-refractivity contribution in [1.82, 2.24) is 25.2 Å². The molecule has 3 aromatic rings. The molecule has 1 amide bonds. The number of rotatable bonds is 7. The number of hydrogen-bond acceptors (Lipinski definition) is 4. The first-order chi connectivity index (χ1) is 14.6. The molecule has 1 saturated heterocycles. The Balaban J connectivity index is 1.24. The molecular weight excluding hydrogens is 405 g/mol. The molecule has 0 aliphatic carbocycles. The van der Waals surface area contributed by atoms with E-state index in [-0.39, 0.29) is 11.6 Å². The largest absolute Gasteiger partial charge is 0.349 e. The van der Waals surface area contributed by atoms with E-state index in [1.54, 1.807) is 12.3 Å². The van der Waals surface area contributed by atoms with E-state index in [2.05, 4.69) is 44.8 Å². The first kappa shape index (κ1) is 20.5. The zero-order chi connectivity index (χ0) is 20.9. The lowest BCUT2D eigenvalue weighted by atomic mass is 9.99. The van der Waals surface area contributed by atoms with Crippen molar-refractivity contribution in [3.05, 3.63) is 82.4 Å². The van der Waals surface area contributed by atoms with Gasteiger partial charge >= 0.3 is 0 Å². The summed E-state index contributed by atoms with van der Waals surface area (Å²) in [4.78, 5) is 14.7. The van der Waals surface area contributed by atoms with Gasteiger partial charge < -0.3 is 10.2 Å². The summed E-state index contributed by atoms with van der Waals surface area (Å²) in [6.45, 7) is 3.71. The van der Waals surface area contributed by atoms with Crippen molar-refractivity contribution >= 4 is 17.5 Å². The van der Waals surface area contributed by atoms with Crippen LogP contribution in [0.4, 0.5) is 4.39 Å². The summed E-state index contributed by atoms with van der Waals surface area (Å²) in [6.07, 6.45) is 2.70. The number of nitrogens with one attached hydrogen (secondary N) is 1. The SMILES string of the molecule is O=C(NCCN1CCC(c2ccccc2)C1)c1cn(Cc2ccc(F)cc2Cl)nn1. The van der Waals surface area contributed by atoms with E-state index in [9.17, 15) is 9.18 Å². The minimum Gasteiger partial charge on any atom is -0.349 e. The van der Waals surface area contributed by atoms with Crippen molar-refractivity contribution in [2.75, 3.05) is 26.2 Å². The van der Waals surface area contributed by atoms with Crippen molar-refractivity contribution in [3.8, 4) is 0 Å². The molecule has 1 atom stereocenters. The number of hydrogen-bond donors (Lipinski definition) is 1. The van der Waals surface area contributed by atoms with E-state index >= 15 is 0 Å². The first-order valence-electron chi connectivity index (χ1n) is 9.98. The fourth-order valence-electron chi connectivity index (χ4n) is 3.76. The lowest BCUT2D eigenvalue weighted by Gasteiger charge is -2.16. The van der Waals surface area contributed by atoms with Crippen LogP contribution in [0.3, 0.4) is 0 Å². The average Bonchev–Trinajstić information content (AvgIpc) is 3.41. The quantitative estimate of drug-likeness (QED) is 0.628. The van der Waals surface area contributed by atoms with Gasteiger partial charge in [-0.3, -0.25) is 4.79 Å². The number of likely N-dealkylation sites (tertiary alicyclic amines) is 1. The highest BCUT2D eigenvalue weighted by molar-refractivity contribution is 6.31. The van der Waals surface area contributed by atoms with Gasteiger partial charge in [-0.25, -0.2) is 9.07 Å². The summed E-state index contributed by atoms with van der Waals surface area (Å²) < 4.78 is 14.7. The van der Waals surface area contributed by atoms with Gasteiger partial charge in [-0.2, -0.15) is 0 Å². The second-order valence-corrected chi connectivity index (χ2v) is 7.90. The van der Waals surface area contributed by atoms with Gasteiger partial charge in [0.25, 0.3) is 5.91 Å². The molecule has 0 saturated carbocycles. The van der Waals surface area contributed by atoms with Crippen molar-refractivity contribution in [3.63, 3.8) is 0 Å². The molecule has 1 N–H and O–H groups in total. The van der Waals surface area contributed by atoms with Crippen molar-refractivity contribution < 1.29 is 9.18 Å². The highest BCUT2D eigenvalue weighted by Gasteiger charge is 2.23. The van der Waals surface area contributed by atoms with Crippen LogP contribution in [0.1, 0.15) is 34.0 Å². The van der Waals surface area contributed by atoms with Crippen LogP contribution in [0.2, 0.25) is 5.02 Å². The van der Waals surface area contributed by atoms with Gasteiger partial charge in [-0.1, -0.05) is 53.2 Å². The van der Waals surface area contributed by atoms with Gasteiger partial charge in [0.1, 0.15) is 5.82 Å². The molecule has 1 aromatic heterocycles. The van der Waals surface area contributed by atoms with E-state index in [1.807, 2.05) is 6.07 Å². The Hall–Kier alpha value is -2.77. The molecule has 1 aliphatic heterocycles. The Morgan fingerprint density at radius 3 is 2.87 bits per heavy atom. The Bertz CT molecular complexity index is 1010. The molecular formula is C22H23ClFN5O. The smallest absolute Gasteiger partial charge is 0.273 e. The third-order valence-electron chi connectivity index (χ3n) is 5.38. The van der Waals surface area contributed by atoms with Crippen LogP contribution in [-0.2, 0) is 6.54 Å². The maximum absolute atomic E-state index is 13.2. The molecule has 1 unspecified atom stereocenters. The number of aromatic nitrogens is 3. The second kappa shape index (κ2) is 9.36. The molecule has 0 spiro atoms. The van der Waals surface area contributed by atoms with Crippen LogP contribution in [-0.4, -0.2) is 52.0 Å². The Morgan fingerprint density at radius 2 is 2.07 bits per heavy atom. The number of benzene rings is 2. The van der Waals surface area contributed by atoms with Gasteiger partial charge in [0.15, 0.2) is 5.69 Å². The number of halogens is 2.